The van der Waals surface area contributed by atoms with E-state index in [2.05, 4.69) is 48.3 Å². The van der Waals surface area contributed by atoms with Gasteiger partial charge in [-0.1, -0.05) is 62.6 Å². The summed E-state index contributed by atoms with van der Waals surface area (Å²) in [6, 6.07) is 9.59. The van der Waals surface area contributed by atoms with E-state index in [9.17, 15) is 9.59 Å². The number of ether oxygens (including phenoxy) is 1. The zero-order chi connectivity index (χ0) is 31.1. The second-order valence-corrected chi connectivity index (χ2v) is 13.1. The zero-order valence-electron chi connectivity index (χ0n) is 28.1. The molecule has 1 aromatic rings. The molecule has 6 nitrogen and oxygen atoms in total. The van der Waals surface area contributed by atoms with Gasteiger partial charge in [-0.15, -0.1) is 0 Å². The van der Waals surface area contributed by atoms with E-state index in [4.69, 9.17) is 4.74 Å². The zero-order valence-corrected chi connectivity index (χ0v) is 28.1. The molecule has 3 unspecified atom stereocenters. The molecule has 1 aromatic carbocycles. The number of carbonyl (C=O) groups excluding carboxylic acids is 2. The first-order chi connectivity index (χ1) is 20.1. The normalized spacial score (nSPS) is 24.1. The number of aryl methyl sites for hydroxylation is 1. The van der Waals surface area contributed by atoms with Crippen molar-refractivity contribution in [2.24, 2.45) is 11.8 Å². The maximum atomic E-state index is 11.6. The summed E-state index contributed by atoms with van der Waals surface area (Å²) in [5.74, 6) is 1.67. The molecule has 0 radical (unpaired) electrons. The highest BCUT2D eigenvalue weighted by molar-refractivity contribution is 5.79. The van der Waals surface area contributed by atoms with Gasteiger partial charge in [0.15, 0.2) is 0 Å². The highest BCUT2D eigenvalue weighted by Gasteiger charge is 2.30. The molecule has 1 N–H and O–H groups in total. The van der Waals surface area contributed by atoms with E-state index in [1.807, 2.05) is 39.5 Å². The SMILES string of the molecule is CC.CCC1CCC(N2CCN(C=O)CC2)C1.COC(C)(C)C.Cc1ccc(CC2CCC(=O)NC2=C2CCC2)cc1. The lowest BCUT2D eigenvalue weighted by molar-refractivity contribution is -0.122. The van der Waals surface area contributed by atoms with Crippen LogP contribution in [0.3, 0.4) is 0 Å². The average molecular weight is 584 g/mol. The number of piperazine rings is 1. The number of methoxy groups -OCH3 is 1. The van der Waals surface area contributed by atoms with Crippen molar-refractivity contribution in [1.29, 1.82) is 0 Å². The van der Waals surface area contributed by atoms with E-state index < -0.39 is 0 Å². The topological polar surface area (TPSA) is 61.9 Å². The van der Waals surface area contributed by atoms with Gasteiger partial charge < -0.3 is 15.0 Å². The Morgan fingerprint density at radius 3 is 2.07 bits per heavy atom. The van der Waals surface area contributed by atoms with Gasteiger partial charge in [-0.25, -0.2) is 0 Å². The molecule has 0 bridgehead atoms. The number of nitrogens with one attached hydrogen (secondary N) is 1. The highest BCUT2D eigenvalue weighted by atomic mass is 16.5. The number of hydrogen-bond donors (Lipinski definition) is 1. The van der Waals surface area contributed by atoms with E-state index in [1.54, 1.807) is 7.11 Å². The molecule has 238 valence electrons. The van der Waals surface area contributed by atoms with Crippen LogP contribution in [-0.2, 0) is 20.7 Å². The summed E-state index contributed by atoms with van der Waals surface area (Å²) >= 11 is 0. The number of nitrogens with zero attached hydrogens (tertiary/aromatic N) is 2. The van der Waals surface area contributed by atoms with E-state index in [-0.39, 0.29) is 11.5 Å². The van der Waals surface area contributed by atoms with Crippen LogP contribution in [-0.4, -0.2) is 67.0 Å². The van der Waals surface area contributed by atoms with Crippen molar-refractivity contribution < 1.29 is 14.3 Å². The molecule has 0 spiro atoms. The van der Waals surface area contributed by atoms with Gasteiger partial charge in [-0.05, 0) is 90.5 Å². The highest BCUT2D eigenvalue weighted by Crippen LogP contribution is 2.35. The van der Waals surface area contributed by atoms with Crippen LogP contribution in [0.25, 0.3) is 0 Å². The number of amides is 2. The van der Waals surface area contributed by atoms with Crippen molar-refractivity contribution in [3.8, 4) is 0 Å². The maximum absolute atomic E-state index is 11.6. The van der Waals surface area contributed by atoms with Crippen molar-refractivity contribution in [2.75, 3.05) is 33.3 Å². The molecule has 0 aromatic heterocycles. The second kappa shape index (κ2) is 18.5. The third-order valence-electron chi connectivity index (χ3n) is 9.06. The fourth-order valence-electron chi connectivity index (χ4n) is 5.94. The molecule has 3 atom stereocenters. The Hall–Kier alpha value is -2.18. The van der Waals surface area contributed by atoms with Gasteiger partial charge in [0, 0.05) is 57.4 Å². The van der Waals surface area contributed by atoms with E-state index in [0.29, 0.717) is 12.3 Å². The standard InChI is InChI=1S/C17H21NO.C12H22N2O.C5H12O.C2H6/c1-12-5-7-13(8-6-12)11-15-9-10-16(19)18-17(15)14-3-2-4-14;1-2-11-3-4-12(9-11)14-7-5-13(10-15)6-8-14;1-5(2,3)6-4;1-2/h5-8,15H,2-4,9-11H2,1H3,(H,18,19);10-12H,2-9H2,1H3;1-4H3;1-2H3. The fraction of sp³-hybridized carbons (Fsp3) is 0.722. The van der Waals surface area contributed by atoms with Gasteiger partial charge in [0.05, 0.1) is 5.60 Å². The Morgan fingerprint density at radius 1 is 0.976 bits per heavy atom. The van der Waals surface area contributed by atoms with Gasteiger partial charge >= 0.3 is 0 Å². The Kier molecular flexibility index (Phi) is 15.8. The lowest BCUT2D eigenvalue weighted by atomic mass is 9.80. The number of allylic oxidation sites excluding steroid dienone is 2. The predicted molar refractivity (Wildman–Crippen MR) is 175 cm³/mol. The Morgan fingerprint density at radius 2 is 1.60 bits per heavy atom. The van der Waals surface area contributed by atoms with Gasteiger partial charge in [0.25, 0.3) is 0 Å². The molecule has 6 heteroatoms. The summed E-state index contributed by atoms with van der Waals surface area (Å²) < 4.78 is 4.94. The monoisotopic (exact) mass is 583 g/mol. The first-order valence-electron chi connectivity index (χ1n) is 16.7. The molecule has 2 aliphatic heterocycles. The number of piperidine rings is 1. The van der Waals surface area contributed by atoms with Crippen molar-refractivity contribution in [3.63, 3.8) is 0 Å². The Labute approximate surface area is 257 Å². The molecular weight excluding hydrogens is 522 g/mol. The molecule has 2 saturated carbocycles. The molecule has 5 rings (SSSR count). The van der Waals surface area contributed by atoms with Crippen LogP contribution in [0.15, 0.2) is 35.5 Å². The van der Waals surface area contributed by atoms with Gasteiger partial charge in [0.2, 0.25) is 12.3 Å². The number of rotatable bonds is 5. The third-order valence-corrected chi connectivity index (χ3v) is 9.06. The van der Waals surface area contributed by atoms with Crippen molar-refractivity contribution in [3.05, 3.63) is 46.7 Å². The summed E-state index contributed by atoms with van der Waals surface area (Å²) in [6.07, 6.45) is 12.9. The van der Waals surface area contributed by atoms with Crippen LogP contribution in [0.4, 0.5) is 0 Å². The van der Waals surface area contributed by atoms with Crippen molar-refractivity contribution in [2.45, 2.75) is 124 Å². The summed E-state index contributed by atoms with van der Waals surface area (Å²) in [5, 5.41) is 3.14. The lowest BCUT2D eigenvalue weighted by Gasteiger charge is -2.36. The quantitative estimate of drug-likeness (QED) is 0.370. The van der Waals surface area contributed by atoms with Gasteiger partial charge in [-0.2, -0.15) is 0 Å². The minimum absolute atomic E-state index is 0.0417. The van der Waals surface area contributed by atoms with E-state index in [1.165, 1.54) is 67.3 Å². The predicted octanol–water partition coefficient (Wildman–Crippen LogP) is 7.30. The van der Waals surface area contributed by atoms with Crippen LogP contribution in [0.1, 0.15) is 110 Å². The molecule has 2 heterocycles. The molecular formula is C36H61N3O3. The van der Waals surface area contributed by atoms with Crippen LogP contribution in [0.2, 0.25) is 0 Å². The maximum Gasteiger partial charge on any atom is 0.224 e. The third kappa shape index (κ3) is 12.2. The fourth-order valence-corrected chi connectivity index (χ4v) is 5.94. The summed E-state index contributed by atoms with van der Waals surface area (Å²) in [4.78, 5) is 26.7. The van der Waals surface area contributed by atoms with Gasteiger partial charge in [0.1, 0.15) is 0 Å². The smallest absolute Gasteiger partial charge is 0.224 e. The molecule has 2 aliphatic carbocycles. The number of carbonyl (C=O) groups is 2. The van der Waals surface area contributed by atoms with Gasteiger partial charge in [-0.3, -0.25) is 14.5 Å². The molecule has 2 amide bonds. The summed E-state index contributed by atoms with van der Waals surface area (Å²) in [6.45, 7) is 18.5. The number of hydrogen-bond acceptors (Lipinski definition) is 4. The summed E-state index contributed by atoms with van der Waals surface area (Å²) in [7, 11) is 1.71. The first kappa shape index (κ1) is 36.0. The minimum atomic E-state index is 0.0417. The summed E-state index contributed by atoms with van der Waals surface area (Å²) in [5.41, 5.74) is 5.47. The van der Waals surface area contributed by atoms with Crippen molar-refractivity contribution in [1.82, 2.24) is 15.1 Å². The van der Waals surface area contributed by atoms with Crippen molar-refractivity contribution >= 4 is 12.3 Å². The Balaban J connectivity index is 0.000000239. The molecule has 2 saturated heterocycles. The largest absolute Gasteiger partial charge is 0.379 e. The minimum Gasteiger partial charge on any atom is -0.379 e. The van der Waals surface area contributed by atoms with E-state index >= 15 is 0 Å². The lowest BCUT2D eigenvalue weighted by Crippen LogP contribution is -2.49. The van der Waals surface area contributed by atoms with Crippen LogP contribution in [0.5, 0.6) is 0 Å². The van der Waals surface area contributed by atoms with E-state index in [0.717, 1.165) is 57.4 Å². The number of benzene rings is 1. The second-order valence-electron chi connectivity index (χ2n) is 13.1. The van der Waals surface area contributed by atoms with Crippen LogP contribution < -0.4 is 5.32 Å². The Bertz CT molecular complexity index is 952. The van der Waals surface area contributed by atoms with Crippen LogP contribution in [0, 0.1) is 18.8 Å². The molecule has 4 aliphatic rings. The van der Waals surface area contributed by atoms with Crippen LogP contribution >= 0.6 is 0 Å². The molecule has 4 fully saturated rings. The first-order valence-corrected chi connectivity index (χ1v) is 16.7. The molecule has 42 heavy (non-hydrogen) atoms. The average Bonchev–Trinajstić information content (AvgIpc) is 3.46.